The monoisotopic (exact) mass is 414 g/mol. The molecule has 0 unspecified atom stereocenters. The van der Waals surface area contributed by atoms with Crippen molar-refractivity contribution >= 4 is 61.1 Å². The first kappa shape index (κ1) is 18.0. The summed E-state index contributed by atoms with van der Waals surface area (Å²) < 4.78 is 46.1. The molecule has 0 aromatic heterocycles. The minimum Gasteiger partial charge on any atom is -0.207 e. The Bertz CT molecular complexity index is 819. The molecule has 0 atom stereocenters. The Balaban J connectivity index is 2.34. The molecule has 0 aliphatic carbocycles. The molecule has 0 aliphatic rings. The van der Waals surface area contributed by atoms with E-state index < -0.39 is 18.1 Å². The van der Waals surface area contributed by atoms with Crippen molar-refractivity contribution < 1.29 is 16.8 Å². The minimum atomic E-state index is -3.88. The minimum absolute atomic E-state index is 0.0274. The highest BCUT2D eigenvalue weighted by molar-refractivity contribution is 8.76. The maximum absolute atomic E-state index is 11.5. The standard InChI is InChI=1S/C12H8Cl2O4S4/c13-21(15,16)11-7-3-1-5-9(11)19-20-10-6-2-4-8-12(10)22(14,17)18/h1-8H. The molecule has 0 saturated carbocycles. The van der Waals surface area contributed by atoms with Gasteiger partial charge in [0.1, 0.15) is 0 Å². The lowest BCUT2D eigenvalue weighted by Crippen LogP contribution is -1.93. The normalized spacial score (nSPS) is 12.3. The van der Waals surface area contributed by atoms with E-state index >= 15 is 0 Å². The van der Waals surface area contributed by atoms with Gasteiger partial charge in [-0.1, -0.05) is 45.9 Å². The lowest BCUT2D eigenvalue weighted by molar-refractivity contribution is 0.606. The maximum Gasteiger partial charge on any atom is 0.262 e. The fourth-order valence-corrected chi connectivity index (χ4v) is 7.09. The summed E-state index contributed by atoms with van der Waals surface area (Å²) in [4.78, 5) is 0.759. The van der Waals surface area contributed by atoms with Gasteiger partial charge in [0.05, 0.1) is 9.79 Å². The van der Waals surface area contributed by atoms with Crippen LogP contribution in [0.15, 0.2) is 68.1 Å². The summed E-state index contributed by atoms with van der Waals surface area (Å²) in [5, 5.41) is 0. The summed E-state index contributed by atoms with van der Waals surface area (Å²) in [7, 11) is 5.17. The van der Waals surface area contributed by atoms with Gasteiger partial charge in [-0.25, -0.2) is 16.8 Å². The van der Waals surface area contributed by atoms with Gasteiger partial charge >= 0.3 is 0 Å². The lowest BCUT2D eigenvalue weighted by atomic mass is 10.4. The molecule has 2 rings (SSSR count). The lowest BCUT2D eigenvalue weighted by Gasteiger charge is -2.07. The van der Waals surface area contributed by atoms with Crippen molar-refractivity contribution in [3.63, 3.8) is 0 Å². The average molecular weight is 415 g/mol. The highest BCUT2D eigenvalue weighted by Gasteiger charge is 2.19. The van der Waals surface area contributed by atoms with Crippen LogP contribution in [0.25, 0.3) is 0 Å². The third-order valence-electron chi connectivity index (χ3n) is 2.44. The van der Waals surface area contributed by atoms with Crippen molar-refractivity contribution in [2.45, 2.75) is 19.6 Å². The van der Waals surface area contributed by atoms with Crippen molar-refractivity contribution in [1.29, 1.82) is 0 Å². The van der Waals surface area contributed by atoms with Gasteiger partial charge in [-0.05, 0) is 24.3 Å². The zero-order valence-electron chi connectivity index (χ0n) is 10.6. The third kappa shape index (κ3) is 4.56. The van der Waals surface area contributed by atoms with Crippen LogP contribution in [0.1, 0.15) is 0 Å². The largest absolute Gasteiger partial charge is 0.262 e. The van der Waals surface area contributed by atoms with Gasteiger partial charge in [-0.15, -0.1) is 0 Å². The molecule has 0 spiro atoms. The smallest absolute Gasteiger partial charge is 0.207 e. The molecule has 0 fully saturated rings. The molecule has 0 N–H and O–H groups in total. The SMILES string of the molecule is O=S(=O)(Cl)c1ccccc1SSc1ccccc1S(=O)(=O)Cl. The molecular formula is C12H8Cl2O4S4. The molecule has 2 aromatic rings. The van der Waals surface area contributed by atoms with Crippen molar-refractivity contribution in [2.75, 3.05) is 0 Å². The molecule has 0 aliphatic heterocycles. The van der Waals surface area contributed by atoms with Crippen molar-refractivity contribution in [1.82, 2.24) is 0 Å². The predicted molar refractivity (Wildman–Crippen MR) is 90.7 cm³/mol. The number of benzene rings is 2. The van der Waals surface area contributed by atoms with Crippen LogP contribution in [0.2, 0.25) is 0 Å². The summed E-state index contributed by atoms with van der Waals surface area (Å²) in [5.41, 5.74) is 0. The molecule has 10 heteroatoms. The quantitative estimate of drug-likeness (QED) is 0.535. The van der Waals surface area contributed by atoms with Crippen LogP contribution in [-0.2, 0) is 18.1 Å². The van der Waals surface area contributed by atoms with E-state index in [1.165, 1.54) is 12.1 Å². The van der Waals surface area contributed by atoms with Crippen LogP contribution < -0.4 is 0 Å². The molecule has 0 amide bonds. The number of hydrogen-bond donors (Lipinski definition) is 0. The fraction of sp³-hybridized carbons (Fsp3) is 0. The van der Waals surface area contributed by atoms with Crippen molar-refractivity contribution in [2.24, 2.45) is 0 Å². The average Bonchev–Trinajstić information content (AvgIpc) is 2.44. The summed E-state index contributed by atoms with van der Waals surface area (Å²) in [5.74, 6) is 0. The van der Waals surface area contributed by atoms with Crippen LogP contribution in [0.4, 0.5) is 0 Å². The first-order chi connectivity index (χ1) is 10.2. The molecule has 2 aromatic carbocycles. The first-order valence-corrected chi connectivity index (χ1v) is 12.4. The maximum atomic E-state index is 11.5. The van der Waals surface area contributed by atoms with Crippen LogP contribution in [0.5, 0.6) is 0 Å². The van der Waals surface area contributed by atoms with Gasteiger partial charge in [0, 0.05) is 31.2 Å². The Kier molecular flexibility index (Phi) is 5.73. The van der Waals surface area contributed by atoms with E-state index in [1.54, 1.807) is 36.4 Å². The Hall–Kier alpha value is -0.380. The summed E-state index contributed by atoms with van der Waals surface area (Å²) >= 11 is 0. The van der Waals surface area contributed by atoms with E-state index in [9.17, 15) is 16.8 Å². The topological polar surface area (TPSA) is 68.3 Å². The van der Waals surface area contributed by atoms with E-state index in [0.29, 0.717) is 9.79 Å². The van der Waals surface area contributed by atoms with Crippen molar-refractivity contribution in [3.05, 3.63) is 48.5 Å². The van der Waals surface area contributed by atoms with Crippen LogP contribution in [0.3, 0.4) is 0 Å². The molecule has 0 bridgehead atoms. The molecule has 0 saturated heterocycles. The Labute approximate surface area is 145 Å². The highest BCUT2D eigenvalue weighted by atomic mass is 35.7. The third-order valence-corrected chi connectivity index (χ3v) is 7.95. The van der Waals surface area contributed by atoms with E-state index in [2.05, 4.69) is 0 Å². The van der Waals surface area contributed by atoms with E-state index in [1.807, 2.05) is 0 Å². The summed E-state index contributed by atoms with van der Waals surface area (Å²) in [6.07, 6.45) is 0. The molecule has 22 heavy (non-hydrogen) atoms. The van der Waals surface area contributed by atoms with Gasteiger partial charge < -0.3 is 0 Å². The van der Waals surface area contributed by atoms with Crippen LogP contribution in [-0.4, -0.2) is 16.8 Å². The van der Waals surface area contributed by atoms with E-state index in [-0.39, 0.29) is 9.79 Å². The zero-order chi connectivity index (χ0) is 16.4. The van der Waals surface area contributed by atoms with Gasteiger partial charge in [0.15, 0.2) is 0 Å². The van der Waals surface area contributed by atoms with Gasteiger partial charge in [-0.3, -0.25) is 0 Å². The molecular weight excluding hydrogens is 407 g/mol. The zero-order valence-corrected chi connectivity index (χ0v) is 15.4. The van der Waals surface area contributed by atoms with Gasteiger partial charge in [0.25, 0.3) is 18.1 Å². The second-order valence-electron chi connectivity index (χ2n) is 3.94. The molecule has 0 heterocycles. The second kappa shape index (κ2) is 7.02. The Morgan fingerprint density at radius 1 is 0.636 bits per heavy atom. The number of rotatable bonds is 5. The number of hydrogen-bond acceptors (Lipinski definition) is 6. The number of halogens is 2. The van der Waals surface area contributed by atoms with Crippen LogP contribution >= 0.6 is 43.0 Å². The van der Waals surface area contributed by atoms with Crippen molar-refractivity contribution in [3.8, 4) is 0 Å². The molecule has 0 radical (unpaired) electrons. The Morgan fingerprint density at radius 2 is 0.955 bits per heavy atom. The van der Waals surface area contributed by atoms with E-state index in [0.717, 1.165) is 21.6 Å². The van der Waals surface area contributed by atoms with Gasteiger partial charge in [0.2, 0.25) is 0 Å². The molecule has 118 valence electrons. The van der Waals surface area contributed by atoms with Crippen LogP contribution in [0, 0.1) is 0 Å². The predicted octanol–water partition coefficient (Wildman–Crippen LogP) is 4.34. The summed E-state index contributed by atoms with van der Waals surface area (Å²) in [6.45, 7) is 0. The highest BCUT2D eigenvalue weighted by Crippen LogP contribution is 2.43. The van der Waals surface area contributed by atoms with E-state index in [4.69, 9.17) is 21.4 Å². The summed E-state index contributed by atoms with van der Waals surface area (Å²) in [6, 6.07) is 12.4. The Morgan fingerprint density at radius 3 is 1.27 bits per heavy atom. The fourth-order valence-electron chi connectivity index (χ4n) is 1.53. The first-order valence-electron chi connectivity index (χ1n) is 5.61. The van der Waals surface area contributed by atoms with Gasteiger partial charge in [-0.2, -0.15) is 0 Å². The molecule has 4 nitrogen and oxygen atoms in total. The second-order valence-corrected chi connectivity index (χ2v) is 11.2.